The van der Waals surface area contributed by atoms with Gasteiger partial charge in [-0.2, -0.15) is 0 Å². The Hall–Kier alpha value is -1.56. The summed E-state index contributed by atoms with van der Waals surface area (Å²) >= 11 is 3.32. The van der Waals surface area contributed by atoms with E-state index in [1.807, 2.05) is 6.92 Å². The summed E-state index contributed by atoms with van der Waals surface area (Å²) in [6.07, 6.45) is 0.733. The number of rotatable bonds is 6. The Bertz CT molecular complexity index is 463. The van der Waals surface area contributed by atoms with Gasteiger partial charge in [0.05, 0.1) is 6.42 Å². The summed E-state index contributed by atoms with van der Waals surface area (Å²) < 4.78 is 0.683. The summed E-state index contributed by atoms with van der Waals surface area (Å²) in [6.45, 7) is 1.91. The molecule has 0 heterocycles. The van der Waals surface area contributed by atoms with Gasteiger partial charge in [-0.25, -0.2) is 0 Å². The normalized spacial score (nSPS) is 11.9. The van der Waals surface area contributed by atoms with Gasteiger partial charge in [0.2, 0.25) is 5.91 Å². The molecule has 5 nitrogen and oxygen atoms in total. The van der Waals surface area contributed by atoms with Crippen molar-refractivity contribution in [3.8, 4) is 0 Å². The number of primary amides is 1. The van der Waals surface area contributed by atoms with Crippen LogP contribution in [0.1, 0.15) is 30.1 Å². The second-order valence-corrected chi connectivity index (χ2v) is 4.76. The van der Waals surface area contributed by atoms with Crippen molar-refractivity contribution in [1.82, 2.24) is 0 Å². The first-order valence-electron chi connectivity index (χ1n) is 5.51. The second kappa shape index (κ2) is 6.39. The molecule has 0 radical (unpaired) electrons. The molecule has 1 rings (SSSR count). The number of carboxylic acids is 1. The molecule has 0 spiro atoms. The molecule has 1 atom stereocenters. The molecule has 0 bridgehead atoms. The Balaban J connectivity index is 2.83. The van der Waals surface area contributed by atoms with Crippen molar-refractivity contribution in [2.45, 2.75) is 25.8 Å². The fourth-order valence-electron chi connectivity index (χ4n) is 1.51. The number of amides is 1. The highest BCUT2D eigenvalue weighted by Crippen LogP contribution is 2.25. The topological polar surface area (TPSA) is 92.4 Å². The lowest BCUT2D eigenvalue weighted by atomic mass is 10.1. The van der Waals surface area contributed by atoms with Gasteiger partial charge in [0, 0.05) is 21.8 Å². The Morgan fingerprint density at radius 1 is 1.50 bits per heavy atom. The fourth-order valence-corrected chi connectivity index (χ4v) is 2.01. The van der Waals surface area contributed by atoms with E-state index in [-0.39, 0.29) is 12.5 Å². The number of nitrogens with two attached hydrogens (primary N) is 1. The smallest absolute Gasteiger partial charge is 0.305 e. The number of halogens is 1. The lowest BCUT2D eigenvalue weighted by Crippen LogP contribution is -2.22. The lowest BCUT2D eigenvalue weighted by molar-refractivity contribution is -0.137. The van der Waals surface area contributed by atoms with Crippen LogP contribution in [0.25, 0.3) is 0 Å². The summed E-state index contributed by atoms with van der Waals surface area (Å²) in [5.74, 6) is -1.35. The third-order valence-corrected chi connectivity index (χ3v) is 3.18. The maximum atomic E-state index is 11.0. The molecular weight excluding hydrogens is 300 g/mol. The fraction of sp³-hybridized carbons (Fsp3) is 0.333. The van der Waals surface area contributed by atoms with Crippen LogP contribution >= 0.6 is 15.9 Å². The van der Waals surface area contributed by atoms with Crippen molar-refractivity contribution in [3.63, 3.8) is 0 Å². The molecule has 18 heavy (non-hydrogen) atoms. The highest BCUT2D eigenvalue weighted by Gasteiger charge is 2.13. The Morgan fingerprint density at radius 3 is 2.61 bits per heavy atom. The summed E-state index contributed by atoms with van der Waals surface area (Å²) in [5, 5.41) is 11.9. The molecule has 6 heteroatoms. The molecular formula is C12H15BrN2O3. The monoisotopic (exact) mass is 314 g/mol. The van der Waals surface area contributed by atoms with E-state index in [0.29, 0.717) is 16.5 Å². The van der Waals surface area contributed by atoms with Crippen molar-refractivity contribution in [3.05, 3.63) is 28.2 Å². The number of carbonyl (C=O) groups is 2. The van der Waals surface area contributed by atoms with Crippen LogP contribution in [0.2, 0.25) is 0 Å². The Labute approximate surface area is 113 Å². The molecule has 98 valence electrons. The van der Waals surface area contributed by atoms with Crippen molar-refractivity contribution in [2.24, 2.45) is 5.73 Å². The Kier molecular flexibility index (Phi) is 5.15. The van der Waals surface area contributed by atoms with Gasteiger partial charge in [-0.1, -0.05) is 6.92 Å². The van der Waals surface area contributed by atoms with E-state index >= 15 is 0 Å². The summed E-state index contributed by atoms with van der Waals surface area (Å²) in [5.41, 5.74) is 6.31. The molecule has 4 N–H and O–H groups in total. The highest BCUT2D eigenvalue weighted by molar-refractivity contribution is 9.10. The highest BCUT2D eigenvalue weighted by atomic mass is 79.9. The molecule has 1 amide bonds. The zero-order valence-electron chi connectivity index (χ0n) is 9.94. The average molecular weight is 315 g/mol. The molecule has 0 aliphatic heterocycles. The molecule has 0 aliphatic carbocycles. The predicted octanol–water partition coefficient (Wildman–Crippen LogP) is 2.21. The van der Waals surface area contributed by atoms with Gasteiger partial charge in [-0.15, -0.1) is 0 Å². The van der Waals surface area contributed by atoms with Crippen LogP contribution in [0.4, 0.5) is 5.69 Å². The van der Waals surface area contributed by atoms with E-state index in [9.17, 15) is 9.59 Å². The number of carboxylic acid groups (broad SMARTS) is 1. The number of nitrogens with one attached hydrogen (secondary N) is 1. The second-order valence-electron chi connectivity index (χ2n) is 3.91. The van der Waals surface area contributed by atoms with E-state index < -0.39 is 11.9 Å². The Morgan fingerprint density at radius 2 is 2.17 bits per heavy atom. The molecule has 1 aromatic rings. The van der Waals surface area contributed by atoms with Crippen LogP contribution in [-0.4, -0.2) is 23.0 Å². The van der Waals surface area contributed by atoms with Crippen molar-refractivity contribution in [1.29, 1.82) is 0 Å². The van der Waals surface area contributed by atoms with Gasteiger partial charge in [0.15, 0.2) is 0 Å². The third-order valence-electron chi connectivity index (χ3n) is 2.53. The maximum absolute atomic E-state index is 11.0. The molecule has 0 aromatic heterocycles. The first kappa shape index (κ1) is 14.5. The first-order chi connectivity index (χ1) is 8.43. The molecule has 0 fully saturated rings. The lowest BCUT2D eigenvalue weighted by Gasteiger charge is -2.17. The summed E-state index contributed by atoms with van der Waals surface area (Å²) in [6, 6.07) is 4.76. The standard InChI is InChI=1S/C12H15BrN2O3/c1-2-8(6-11(16)17)15-10-4-3-7(12(14)18)5-9(10)13/h3-5,8,15H,2,6H2,1H3,(H2,14,18)(H,16,17). The van der Waals surface area contributed by atoms with E-state index in [4.69, 9.17) is 10.8 Å². The number of anilines is 1. The van der Waals surface area contributed by atoms with Crippen molar-refractivity contribution in [2.75, 3.05) is 5.32 Å². The number of hydrogen-bond donors (Lipinski definition) is 3. The van der Waals surface area contributed by atoms with Crippen molar-refractivity contribution < 1.29 is 14.7 Å². The third kappa shape index (κ3) is 4.03. The maximum Gasteiger partial charge on any atom is 0.305 e. The van der Waals surface area contributed by atoms with Gasteiger partial charge in [-0.05, 0) is 40.5 Å². The minimum absolute atomic E-state index is 0.0422. The van der Waals surface area contributed by atoms with Gasteiger partial charge < -0.3 is 16.2 Å². The van der Waals surface area contributed by atoms with Gasteiger partial charge in [-0.3, -0.25) is 9.59 Å². The van der Waals surface area contributed by atoms with E-state index in [1.165, 1.54) is 0 Å². The van der Waals surface area contributed by atoms with Crippen LogP contribution in [0.3, 0.4) is 0 Å². The summed E-state index contributed by atoms with van der Waals surface area (Å²) in [7, 11) is 0. The minimum atomic E-state index is -0.848. The molecule has 0 saturated carbocycles. The zero-order chi connectivity index (χ0) is 13.7. The van der Waals surface area contributed by atoms with E-state index in [2.05, 4.69) is 21.2 Å². The van der Waals surface area contributed by atoms with E-state index in [1.54, 1.807) is 18.2 Å². The molecule has 1 unspecified atom stereocenters. The largest absolute Gasteiger partial charge is 0.481 e. The number of aliphatic carboxylic acids is 1. The molecule has 0 aliphatic rings. The quantitative estimate of drug-likeness (QED) is 0.750. The molecule has 0 saturated heterocycles. The summed E-state index contributed by atoms with van der Waals surface area (Å²) in [4.78, 5) is 21.7. The van der Waals surface area contributed by atoms with Crippen LogP contribution in [0, 0.1) is 0 Å². The first-order valence-corrected chi connectivity index (χ1v) is 6.31. The van der Waals surface area contributed by atoms with Crippen LogP contribution < -0.4 is 11.1 Å². The SMILES string of the molecule is CCC(CC(=O)O)Nc1ccc(C(N)=O)cc1Br. The van der Waals surface area contributed by atoms with Gasteiger partial charge in [0.25, 0.3) is 0 Å². The minimum Gasteiger partial charge on any atom is -0.481 e. The predicted molar refractivity (Wildman–Crippen MR) is 72.6 cm³/mol. The molecule has 1 aromatic carbocycles. The van der Waals surface area contributed by atoms with Crippen LogP contribution in [0.15, 0.2) is 22.7 Å². The van der Waals surface area contributed by atoms with Gasteiger partial charge >= 0.3 is 5.97 Å². The average Bonchev–Trinajstić information content (AvgIpc) is 2.29. The number of benzene rings is 1. The van der Waals surface area contributed by atoms with Gasteiger partial charge in [0.1, 0.15) is 0 Å². The van der Waals surface area contributed by atoms with Crippen molar-refractivity contribution >= 4 is 33.5 Å². The number of carbonyl (C=O) groups excluding carboxylic acids is 1. The number of hydrogen-bond acceptors (Lipinski definition) is 3. The van der Waals surface area contributed by atoms with E-state index in [0.717, 1.165) is 5.69 Å². The van der Waals surface area contributed by atoms with Crippen LogP contribution in [0.5, 0.6) is 0 Å². The zero-order valence-corrected chi connectivity index (χ0v) is 11.5. The van der Waals surface area contributed by atoms with Crippen LogP contribution in [-0.2, 0) is 4.79 Å².